The molecule has 3 aliphatic heterocycles. The summed E-state index contributed by atoms with van der Waals surface area (Å²) in [5, 5.41) is 11.3. The molecule has 6 heterocycles. The van der Waals surface area contributed by atoms with E-state index in [1.807, 2.05) is 37.3 Å². The van der Waals surface area contributed by atoms with Gasteiger partial charge in [-0.05, 0) is 135 Å². The van der Waals surface area contributed by atoms with Gasteiger partial charge in [-0.3, -0.25) is 29.4 Å². The Kier molecular flexibility index (Phi) is 15.0. The second-order valence-corrected chi connectivity index (χ2v) is 23.2. The van der Waals surface area contributed by atoms with Gasteiger partial charge in [0.05, 0.1) is 33.5 Å². The molecule has 0 spiro atoms. The summed E-state index contributed by atoms with van der Waals surface area (Å²) in [6.07, 6.45) is 7.44. The van der Waals surface area contributed by atoms with Gasteiger partial charge in [-0.2, -0.15) is 4.98 Å². The number of halogens is 2. The van der Waals surface area contributed by atoms with Gasteiger partial charge in [0.25, 0.3) is 0 Å². The number of nitrogens with zero attached hydrogens (tertiary/aromatic N) is 7. The van der Waals surface area contributed by atoms with Crippen LogP contribution in [0.2, 0.25) is 5.02 Å². The number of ether oxygens (including phenoxy) is 1. The number of hydrogen-bond acceptors (Lipinski definition) is 14. The Morgan fingerprint density at radius 3 is 2.40 bits per heavy atom. The first-order valence-corrected chi connectivity index (χ1v) is 28.2. The predicted octanol–water partition coefficient (Wildman–Crippen LogP) is 8.80. The highest BCUT2D eigenvalue weighted by molar-refractivity contribution is 9.10. The summed E-state index contributed by atoms with van der Waals surface area (Å²) in [7, 11) is -2.75. The summed E-state index contributed by atoms with van der Waals surface area (Å²) < 4.78 is 27.8. The first kappa shape index (κ1) is 49.7. The topological polar surface area (TPSA) is 180 Å². The van der Waals surface area contributed by atoms with Crippen molar-refractivity contribution in [1.82, 2.24) is 34.6 Å². The number of aryl methyl sites for hydroxylation is 3. The van der Waals surface area contributed by atoms with E-state index in [1.165, 1.54) is 15.8 Å². The van der Waals surface area contributed by atoms with Crippen LogP contribution < -0.4 is 36.6 Å². The fraction of sp³-hybridized carbons (Fsp3) is 0.451. The minimum atomic E-state index is -2.75. The Balaban J connectivity index is 0.810. The highest BCUT2D eigenvalue weighted by Crippen LogP contribution is 2.43. The number of piperazine rings is 1. The zero-order chi connectivity index (χ0) is 49.3. The lowest BCUT2D eigenvalue weighted by Crippen LogP contribution is -2.53. The van der Waals surface area contributed by atoms with Crippen LogP contribution in [-0.2, 0) is 33.4 Å². The van der Waals surface area contributed by atoms with Gasteiger partial charge in [-0.15, -0.1) is 0 Å². The number of amides is 2. The number of nitrogens with one attached hydrogen (secondary N) is 3. The first-order chi connectivity index (χ1) is 33.7. The molecular weight excluding hydrogens is 995 g/mol. The van der Waals surface area contributed by atoms with Gasteiger partial charge in [-0.25, -0.2) is 9.78 Å². The molecule has 3 aliphatic rings. The van der Waals surface area contributed by atoms with Gasteiger partial charge >= 0.3 is 5.76 Å². The smallest absolute Gasteiger partial charge is 0.420 e. The van der Waals surface area contributed by atoms with E-state index in [-0.39, 0.29) is 18.7 Å². The fourth-order valence-electron chi connectivity index (χ4n) is 10.3. The number of fused-ring (bicyclic) bond motifs is 2. The lowest BCUT2D eigenvalue weighted by atomic mass is 9.99. The normalized spacial score (nSPS) is 17.6. The van der Waals surface area contributed by atoms with Crippen LogP contribution in [0, 0.1) is 0 Å². The summed E-state index contributed by atoms with van der Waals surface area (Å²) in [5.74, 6) is 0.197. The van der Waals surface area contributed by atoms with Crippen molar-refractivity contribution in [3.8, 4) is 5.75 Å². The molecule has 0 bridgehead atoms. The summed E-state index contributed by atoms with van der Waals surface area (Å²) in [4.78, 5) is 59.4. The molecule has 1 atom stereocenters. The molecule has 0 aliphatic carbocycles. The molecule has 16 nitrogen and oxygen atoms in total. The largest absolute Gasteiger partial charge is 0.492 e. The van der Waals surface area contributed by atoms with Gasteiger partial charge < -0.3 is 34.2 Å². The fourth-order valence-corrected chi connectivity index (χ4v) is 12.3. The number of anilines is 5. The van der Waals surface area contributed by atoms with Crippen LogP contribution in [0.15, 0.2) is 68.4 Å². The highest BCUT2D eigenvalue weighted by atomic mass is 79.9. The Labute approximate surface area is 421 Å². The van der Waals surface area contributed by atoms with Crippen LogP contribution in [-0.4, -0.2) is 113 Å². The van der Waals surface area contributed by atoms with E-state index in [4.69, 9.17) is 30.7 Å². The molecule has 3 fully saturated rings. The third kappa shape index (κ3) is 10.6. The second kappa shape index (κ2) is 21.2. The van der Waals surface area contributed by atoms with Gasteiger partial charge in [0.15, 0.2) is 5.58 Å². The third-order valence-corrected chi connectivity index (χ3v) is 16.2. The monoisotopic (exact) mass is 1050 g/mol. The number of benzene rings is 3. The molecule has 0 radical (unpaired) electrons. The molecule has 3 aromatic carbocycles. The van der Waals surface area contributed by atoms with Crippen LogP contribution >= 0.6 is 34.7 Å². The van der Waals surface area contributed by atoms with Crippen LogP contribution in [0.4, 0.5) is 28.8 Å². The number of carbonyl (C=O) groups excluding carboxylic acids is 2. The summed E-state index contributed by atoms with van der Waals surface area (Å²) in [5.41, 5.74) is 7.47. The molecule has 3 N–H and O–H groups in total. The number of piperidine rings is 2. The zero-order valence-electron chi connectivity index (χ0n) is 40.4. The molecule has 370 valence electrons. The van der Waals surface area contributed by atoms with Crippen molar-refractivity contribution in [2.75, 3.05) is 81.3 Å². The van der Waals surface area contributed by atoms with Crippen LogP contribution in [0.25, 0.3) is 22.0 Å². The summed E-state index contributed by atoms with van der Waals surface area (Å²) >= 11 is 10.2. The molecule has 3 saturated heterocycles. The number of oxazole rings is 1. The van der Waals surface area contributed by atoms with Gasteiger partial charge in [-0.1, -0.05) is 31.5 Å². The van der Waals surface area contributed by atoms with Crippen molar-refractivity contribution in [2.45, 2.75) is 84.2 Å². The number of imide groups is 1. The average molecular weight is 1060 g/mol. The molecule has 3 aromatic heterocycles. The quantitative estimate of drug-likeness (QED) is 0.0618. The minimum absolute atomic E-state index is 0.158. The van der Waals surface area contributed by atoms with Crippen molar-refractivity contribution in [3.63, 3.8) is 0 Å². The summed E-state index contributed by atoms with van der Waals surface area (Å²) in [6, 6.07) is 15.4. The number of hydrogen-bond donors (Lipinski definition) is 3. The lowest BCUT2D eigenvalue weighted by Gasteiger charge is -2.43. The van der Waals surface area contributed by atoms with E-state index in [0.29, 0.717) is 57.1 Å². The van der Waals surface area contributed by atoms with Crippen molar-refractivity contribution < 1.29 is 23.3 Å². The maximum atomic E-state index is 13.8. The SMILES string of the molecule is CCOc1cc(N2CCC(N3CCN(CCCc4cc(Cl)cc5c4oc(=O)n5C4CCC(=O)NC4=O)CC3)CC2)c(CC)cc1Nc1ncc(Br)c(Nc2ccc3nc(CC)ccc3c2P(C)(C)=O)n1. The third-order valence-electron chi connectivity index (χ3n) is 13.8. The van der Waals surface area contributed by atoms with E-state index in [0.717, 1.165) is 117 Å². The molecular formula is C51H61BrClN10O6P. The molecule has 19 heteroatoms. The molecule has 1 unspecified atom stereocenters. The van der Waals surface area contributed by atoms with Crippen molar-refractivity contribution in [2.24, 2.45) is 0 Å². The number of rotatable bonds is 16. The average Bonchev–Trinajstić information content (AvgIpc) is 3.67. The number of pyridine rings is 1. The summed E-state index contributed by atoms with van der Waals surface area (Å²) in [6.45, 7) is 17.1. The van der Waals surface area contributed by atoms with E-state index in [2.05, 4.69) is 77.5 Å². The Morgan fingerprint density at radius 1 is 0.900 bits per heavy atom. The van der Waals surface area contributed by atoms with Crippen LogP contribution in [0.5, 0.6) is 5.75 Å². The Morgan fingerprint density at radius 2 is 1.69 bits per heavy atom. The van der Waals surface area contributed by atoms with Gasteiger partial charge in [0.2, 0.25) is 17.8 Å². The minimum Gasteiger partial charge on any atom is -0.492 e. The van der Waals surface area contributed by atoms with Crippen molar-refractivity contribution in [1.29, 1.82) is 0 Å². The molecule has 70 heavy (non-hydrogen) atoms. The van der Waals surface area contributed by atoms with Gasteiger partial charge in [0, 0.05) is 91.1 Å². The van der Waals surface area contributed by atoms with E-state index < -0.39 is 24.8 Å². The predicted molar refractivity (Wildman–Crippen MR) is 282 cm³/mol. The second-order valence-electron chi connectivity index (χ2n) is 18.8. The molecule has 0 saturated carbocycles. The maximum Gasteiger partial charge on any atom is 0.420 e. The molecule has 6 aromatic rings. The van der Waals surface area contributed by atoms with Crippen molar-refractivity contribution >= 4 is 103 Å². The Bertz CT molecular complexity index is 3050. The van der Waals surface area contributed by atoms with Crippen LogP contribution in [0.3, 0.4) is 0 Å². The van der Waals surface area contributed by atoms with Crippen LogP contribution in [0.1, 0.15) is 75.7 Å². The van der Waals surface area contributed by atoms with E-state index in [1.54, 1.807) is 25.6 Å². The van der Waals surface area contributed by atoms with E-state index >= 15 is 0 Å². The lowest BCUT2D eigenvalue weighted by molar-refractivity contribution is -0.135. The Hall–Kier alpha value is -5.32. The standard InChI is InChI=1S/C51H61BrClN10O6P/c1-6-31-27-40(57-50-54-30-37(52)48(59-50)56-39-14-13-38-36(47(39)70(4,5)67)12-11-34(7-2)55-38)44(68-8-3)29-42(31)62-20-17-35(18-21-62)61-24-22-60(23-25-61)19-9-10-32-26-33(53)28-43-46(32)69-51(66)63(43)41-15-16-45(64)58-49(41)65/h11-14,26-30,35,41H,6-10,15-25H2,1-5H3,(H,58,64,65)(H2,54,56,57,59). The molecule has 2 amide bonds. The maximum absolute atomic E-state index is 13.8. The molecule has 9 rings (SSSR count). The van der Waals surface area contributed by atoms with E-state index in [9.17, 15) is 18.9 Å². The zero-order valence-corrected chi connectivity index (χ0v) is 43.7. The van der Waals surface area contributed by atoms with Crippen molar-refractivity contribution in [3.05, 3.63) is 91.6 Å². The van der Waals surface area contributed by atoms with Gasteiger partial charge in [0.1, 0.15) is 24.8 Å². The highest BCUT2D eigenvalue weighted by Gasteiger charge is 2.33. The number of carbonyl (C=O) groups is 2. The number of aromatic nitrogens is 4. The first-order valence-electron chi connectivity index (χ1n) is 24.4.